The van der Waals surface area contributed by atoms with Gasteiger partial charge in [0.15, 0.2) is 5.78 Å². The summed E-state index contributed by atoms with van der Waals surface area (Å²) in [4.78, 5) is 11.8. The molecule has 0 aliphatic heterocycles. The number of rotatable bonds is 0. The molecule has 80 valence electrons. The second-order valence-corrected chi connectivity index (χ2v) is 4.23. The van der Waals surface area contributed by atoms with Crippen LogP contribution in [0.5, 0.6) is 0 Å². The molecular formula is C14H12O2. The summed E-state index contributed by atoms with van der Waals surface area (Å²) < 4.78 is 0. The van der Waals surface area contributed by atoms with E-state index in [0.717, 1.165) is 22.8 Å². The highest BCUT2D eigenvalue weighted by Crippen LogP contribution is 2.28. The maximum Gasteiger partial charge on any atom is 0.191 e. The molecule has 1 N–H and O–H groups in total. The first-order chi connectivity index (χ1) is 7.77. The van der Waals surface area contributed by atoms with E-state index in [1.807, 2.05) is 36.4 Å². The monoisotopic (exact) mass is 212 g/mol. The van der Waals surface area contributed by atoms with Gasteiger partial charge in [0.05, 0.1) is 0 Å². The lowest BCUT2D eigenvalue weighted by Crippen LogP contribution is -2.27. The highest BCUT2D eigenvalue weighted by Gasteiger charge is 2.26. The lowest BCUT2D eigenvalue weighted by molar-refractivity contribution is 0.0713. The first kappa shape index (κ1) is 9.55. The third-order valence-corrected chi connectivity index (χ3v) is 3.28. The van der Waals surface area contributed by atoms with Crippen molar-refractivity contribution in [3.05, 3.63) is 47.5 Å². The molecule has 2 aromatic carbocycles. The van der Waals surface area contributed by atoms with E-state index < -0.39 is 6.10 Å². The van der Waals surface area contributed by atoms with Gasteiger partial charge in [-0.15, -0.1) is 0 Å². The number of aliphatic hydroxyl groups is 1. The van der Waals surface area contributed by atoms with Crippen molar-refractivity contribution in [3.8, 4) is 0 Å². The largest absolute Gasteiger partial charge is 0.385 e. The van der Waals surface area contributed by atoms with Crippen LogP contribution in [0.25, 0.3) is 10.8 Å². The van der Waals surface area contributed by atoms with Gasteiger partial charge >= 0.3 is 0 Å². The number of fused-ring (bicyclic) bond motifs is 3. The average molecular weight is 212 g/mol. The minimum atomic E-state index is -0.811. The molecule has 1 unspecified atom stereocenters. The fraction of sp³-hybridized carbons (Fsp3) is 0.214. The Morgan fingerprint density at radius 1 is 1.12 bits per heavy atom. The Morgan fingerprint density at radius 3 is 2.81 bits per heavy atom. The molecule has 0 saturated carbocycles. The lowest BCUT2D eigenvalue weighted by atomic mass is 9.85. The van der Waals surface area contributed by atoms with Crippen molar-refractivity contribution in [1.82, 2.24) is 0 Å². The quantitative estimate of drug-likeness (QED) is 0.727. The van der Waals surface area contributed by atoms with Gasteiger partial charge in [-0.1, -0.05) is 36.4 Å². The Hall–Kier alpha value is -1.67. The normalized spacial score (nSPS) is 19.8. The Kier molecular flexibility index (Phi) is 2.04. The molecule has 2 aromatic rings. The van der Waals surface area contributed by atoms with Gasteiger partial charge < -0.3 is 5.11 Å². The van der Waals surface area contributed by atoms with Gasteiger partial charge in [0.2, 0.25) is 0 Å². The molecule has 1 aliphatic carbocycles. The molecule has 0 aromatic heterocycles. The van der Waals surface area contributed by atoms with E-state index in [1.54, 1.807) is 0 Å². The van der Waals surface area contributed by atoms with Crippen molar-refractivity contribution in [1.29, 1.82) is 0 Å². The topological polar surface area (TPSA) is 37.3 Å². The number of ketones is 1. The van der Waals surface area contributed by atoms with Crippen LogP contribution in [0.2, 0.25) is 0 Å². The van der Waals surface area contributed by atoms with Crippen LogP contribution in [0.3, 0.4) is 0 Å². The van der Waals surface area contributed by atoms with Crippen LogP contribution in [0.1, 0.15) is 22.3 Å². The Balaban J connectivity index is 2.32. The van der Waals surface area contributed by atoms with Crippen LogP contribution in [0, 0.1) is 0 Å². The SMILES string of the molecule is O=C1c2ccc3ccccc3c2CCC1O. The van der Waals surface area contributed by atoms with Gasteiger partial charge in [-0.3, -0.25) is 4.79 Å². The Morgan fingerprint density at radius 2 is 1.94 bits per heavy atom. The Bertz CT molecular complexity index is 572. The predicted octanol–water partition coefficient (Wildman–Crippen LogP) is 2.33. The smallest absolute Gasteiger partial charge is 0.191 e. The molecule has 1 atom stereocenters. The maximum absolute atomic E-state index is 11.8. The molecular weight excluding hydrogens is 200 g/mol. The second kappa shape index (κ2) is 3.42. The highest BCUT2D eigenvalue weighted by molar-refractivity contribution is 6.05. The molecule has 2 heteroatoms. The Labute approximate surface area is 93.5 Å². The van der Waals surface area contributed by atoms with Crippen molar-refractivity contribution < 1.29 is 9.90 Å². The fourth-order valence-electron chi connectivity index (χ4n) is 2.43. The van der Waals surface area contributed by atoms with E-state index >= 15 is 0 Å². The number of carbonyl (C=O) groups excluding carboxylic acids is 1. The number of benzene rings is 2. The van der Waals surface area contributed by atoms with Gasteiger partial charge in [-0.25, -0.2) is 0 Å². The molecule has 0 heterocycles. The summed E-state index contributed by atoms with van der Waals surface area (Å²) in [5, 5.41) is 11.8. The number of Topliss-reactive ketones (excluding diaryl/α,β-unsaturated/α-hetero) is 1. The van der Waals surface area contributed by atoms with Gasteiger partial charge in [0.25, 0.3) is 0 Å². The molecule has 0 spiro atoms. The van der Waals surface area contributed by atoms with Gasteiger partial charge in [0, 0.05) is 5.56 Å². The molecule has 3 rings (SSSR count). The average Bonchev–Trinajstić information content (AvgIpc) is 2.33. The molecule has 16 heavy (non-hydrogen) atoms. The number of aryl methyl sites for hydroxylation is 1. The van der Waals surface area contributed by atoms with Crippen LogP contribution in [-0.2, 0) is 6.42 Å². The van der Waals surface area contributed by atoms with Gasteiger partial charge in [-0.2, -0.15) is 0 Å². The maximum atomic E-state index is 11.8. The van der Waals surface area contributed by atoms with Crippen molar-refractivity contribution in [2.75, 3.05) is 0 Å². The zero-order valence-corrected chi connectivity index (χ0v) is 8.81. The summed E-state index contributed by atoms with van der Waals surface area (Å²) in [5.41, 5.74) is 1.78. The summed E-state index contributed by atoms with van der Waals surface area (Å²) in [5.74, 6) is -0.132. The zero-order valence-electron chi connectivity index (χ0n) is 8.81. The molecule has 0 amide bonds. The third kappa shape index (κ3) is 1.27. The molecule has 0 radical (unpaired) electrons. The molecule has 0 saturated heterocycles. The van der Waals surface area contributed by atoms with E-state index in [0.29, 0.717) is 12.0 Å². The summed E-state index contributed by atoms with van der Waals surface area (Å²) in [6.45, 7) is 0. The van der Waals surface area contributed by atoms with Crippen LogP contribution in [0.15, 0.2) is 36.4 Å². The van der Waals surface area contributed by atoms with Crippen LogP contribution >= 0.6 is 0 Å². The standard InChI is InChI=1S/C14H12O2/c15-13-8-7-11-10-4-2-1-3-9(10)5-6-12(11)14(13)16/h1-6,13,15H,7-8H2. The number of aliphatic hydroxyl groups excluding tert-OH is 1. The van der Waals surface area contributed by atoms with Gasteiger partial charge in [-0.05, 0) is 29.2 Å². The first-order valence-corrected chi connectivity index (χ1v) is 5.50. The summed E-state index contributed by atoms with van der Waals surface area (Å²) >= 11 is 0. The zero-order chi connectivity index (χ0) is 11.1. The third-order valence-electron chi connectivity index (χ3n) is 3.28. The summed E-state index contributed by atoms with van der Waals surface area (Å²) in [6, 6.07) is 11.9. The molecule has 1 aliphatic rings. The van der Waals surface area contributed by atoms with E-state index in [2.05, 4.69) is 0 Å². The molecule has 2 nitrogen and oxygen atoms in total. The number of hydrogen-bond acceptors (Lipinski definition) is 2. The minimum Gasteiger partial charge on any atom is -0.385 e. The molecule has 0 bridgehead atoms. The highest BCUT2D eigenvalue weighted by atomic mass is 16.3. The predicted molar refractivity (Wildman–Crippen MR) is 62.6 cm³/mol. The van der Waals surface area contributed by atoms with Crippen molar-refractivity contribution in [2.24, 2.45) is 0 Å². The number of carbonyl (C=O) groups is 1. The van der Waals surface area contributed by atoms with E-state index in [4.69, 9.17) is 0 Å². The fourth-order valence-corrected chi connectivity index (χ4v) is 2.43. The number of hydrogen-bond donors (Lipinski definition) is 1. The summed E-state index contributed by atoms with van der Waals surface area (Å²) in [7, 11) is 0. The van der Waals surface area contributed by atoms with Crippen LogP contribution < -0.4 is 0 Å². The molecule has 0 fully saturated rings. The second-order valence-electron chi connectivity index (χ2n) is 4.23. The lowest BCUT2D eigenvalue weighted by Gasteiger charge is -2.20. The first-order valence-electron chi connectivity index (χ1n) is 5.50. The van der Waals surface area contributed by atoms with E-state index in [9.17, 15) is 9.90 Å². The van der Waals surface area contributed by atoms with E-state index in [1.165, 1.54) is 0 Å². The van der Waals surface area contributed by atoms with Crippen LogP contribution in [0.4, 0.5) is 0 Å². The van der Waals surface area contributed by atoms with Crippen molar-refractivity contribution >= 4 is 16.6 Å². The van der Waals surface area contributed by atoms with Gasteiger partial charge in [0.1, 0.15) is 6.10 Å². The van der Waals surface area contributed by atoms with Crippen molar-refractivity contribution in [3.63, 3.8) is 0 Å². The minimum absolute atomic E-state index is 0.132. The van der Waals surface area contributed by atoms with Crippen molar-refractivity contribution in [2.45, 2.75) is 18.9 Å². The summed E-state index contributed by atoms with van der Waals surface area (Å²) in [6.07, 6.45) is 0.511. The van der Waals surface area contributed by atoms with E-state index in [-0.39, 0.29) is 5.78 Å². The van der Waals surface area contributed by atoms with Crippen LogP contribution in [-0.4, -0.2) is 17.0 Å².